The normalized spacial score (nSPS) is 46.3. The number of hydrogen-bond acceptors (Lipinski definition) is 4. The first-order valence-electron chi connectivity index (χ1n) is 8.84. The highest BCUT2D eigenvalue weighted by Gasteiger charge is 2.64. The van der Waals surface area contributed by atoms with E-state index in [1.54, 1.807) is 6.26 Å². The van der Waals surface area contributed by atoms with Crippen LogP contribution in [0.15, 0.2) is 22.8 Å². The van der Waals surface area contributed by atoms with Crippen molar-refractivity contribution in [1.82, 2.24) is 9.80 Å². The molecule has 1 N–H and O–H groups in total. The zero-order valence-corrected chi connectivity index (χ0v) is 13.8. The molecule has 4 heteroatoms. The highest BCUT2D eigenvalue weighted by atomic mass is 16.3. The smallest absolute Gasteiger partial charge is 0.135 e. The summed E-state index contributed by atoms with van der Waals surface area (Å²) in [5.74, 6) is 1.06. The number of furan rings is 1. The van der Waals surface area contributed by atoms with Gasteiger partial charge >= 0.3 is 0 Å². The Kier molecular flexibility index (Phi) is 3.40. The monoisotopic (exact) mass is 304 g/mol. The van der Waals surface area contributed by atoms with Crippen molar-refractivity contribution in [3.63, 3.8) is 0 Å². The molecule has 4 aliphatic rings. The second-order valence-electron chi connectivity index (χ2n) is 7.83. The van der Waals surface area contributed by atoms with Gasteiger partial charge in [0.25, 0.3) is 0 Å². The molecule has 1 aromatic heterocycles. The Labute approximate surface area is 133 Å². The van der Waals surface area contributed by atoms with Crippen molar-refractivity contribution in [2.45, 2.75) is 51.8 Å². The lowest BCUT2D eigenvalue weighted by Crippen LogP contribution is -2.78. The number of aliphatic hydroxyl groups excluding tert-OH is 1. The Morgan fingerprint density at radius 3 is 2.05 bits per heavy atom. The standard InChI is InChI=1S/C18H28N2O2/c1-3-7-17-10-19-12-18(8-4-2,16(17)21)13-20(11-17)15(19)14-6-5-9-22-14/h5-6,9,15-16,21H,3-4,7-8,10-13H2,1-2H3. The molecule has 0 spiro atoms. The molecule has 0 saturated carbocycles. The molecule has 5 rings (SSSR count). The number of nitrogens with zero attached hydrogens (tertiary/aromatic N) is 2. The molecule has 4 saturated heterocycles. The van der Waals surface area contributed by atoms with Crippen molar-refractivity contribution in [1.29, 1.82) is 0 Å². The summed E-state index contributed by atoms with van der Waals surface area (Å²) in [6.45, 7) is 8.52. The van der Waals surface area contributed by atoms with E-state index in [1.807, 2.05) is 6.07 Å². The Morgan fingerprint density at radius 2 is 1.64 bits per heavy atom. The minimum Gasteiger partial charge on any atom is -0.466 e. The molecule has 4 nitrogen and oxygen atoms in total. The van der Waals surface area contributed by atoms with Gasteiger partial charge in [-0.25, -0.2) is 0 Å². The van der Waals surface area contributed by atoms with Gasteiger partial charge < -0.3 is 9.52 Å². The highest BCUT2D eigenvalue weighted by Crippen LogP contribution is 2.57. The molecule has 4 bridgehead atoms. The molecule has 0 atom stereocenters. The maximum atomic E-state index is 11.2. The van der Waals surface area contributed by atoms with Gasteiger partial charge in [-0.1, -0.05) is 26.7 Å². The molecular weight excluding hydrogens is 276 g/mol. The quantitative estimate of drug-likeness (QED) is 0.908. The van der Waals surface area contributed by atoms with Crippen molar-refractivity contribution in [3.05, 3.63) is 24.2 Å². The van der Waals surface area contributed by atoms with Gasteiger partial charge in [0.15, 0.2) is 0 Å². The van der Waals surface area contributed by atoms with E-state index in [-0.39, 0.29) is 23.1 Å². The maximum absolute atomic E-state index is 11.2. The Bertz CT molecular complexity index is 485. The lowest BCUT2D eigenvalue weighted by Gasteiger charge is -2.69. The second-order valence-corrected chi connectivity index (χ2v) is 7.83. The van der Waals surface area contributed by atoms with Crippen LogP contribution in [0.2, 0.25) is 0 Å². The highest BCUT2D eigenvalue weighted by molar-refractivity contribution is 5.19. The van der Waals surface area contributed by atoms with Crippen molar-refractivity contribution in [2.75, 3.05) is 26.2 Å². The predicted octanol–water partition coefficient (Wildman–Crippen LogP) is 2.86. The van der Waals surface area contributed by atoms with E-state index in [2.05, 4.69) is 29.7 Å². The number of rotatable bonds is 5. The average Bonchev–Trinajstić information content (AvgIpc) is 2.98. The summed E-state index contributed by atoms with van der Waals surface area (Å²) in [5, 5.41) is 11.2. The van der Waals surface area contributed by atoms with Gasteiger partial charge in [0.1, 0.15) is 11.9 Å². The fourth-order valence-corrected chi connectivity index (χ4v) is 5.79. The maximum Gasteiger partial charge on any atom is 0.135 e. The van der Waals surface area contributed by atoms with Crippen LogP contribution in [0.25, 0.3) is 0 Å². The first-order valence-corrected chi connectivity index (χ1v) is 8.84. The average molecular weight is 304 g/mol. The summed E-state index contributed by atoms with van der Waals surface area (Å²) >= 11 is 0. The molecule has 22 heavy (non-hydrogen) atoms. The molecule has 5 heterocycles. The van der Waals surface area contributed by atoms with Gasteiger partial charge in [0, 0.05) is 37.0 Å². The number of hydrogen-bond donors (Lipinski definition) is 1. The zero-order valence-electron chi connectivity index (χ0n) is 13.8. The predicted molar refractivity (Wildman–Crippen MR) is 85.3 cm³/mol. The minimum atomic E-state index is -0.148. The summed E-state index contributed by atoms with van der Waals surface area (Å²) in [4.78, 5) is 5.15. The lowest BCUT2D eigenvalue weighted by atomic mass is 9.56. The van der Waals surface area contributed by atoms with Gasteiger partial charge in [0.2, 0.25) is 0 Å². The van der Waals surface area contributed by atoms with Crippen LogP contribution in [0.5, 0.6) is 0 Å². The van der Waals surface area contributed by atoms with Crippen LogP contribution in [-0.2, 0) is 0 Å². The second kappa shape index (κ2) is 5.08. The first kappa shape index (κ1) is 14.7. The molecule has 1 aromatic rings. The van der Waals surface area contributed by atoms with Crippen LogP contribution in [0.3, 0.4) is 0 Å². The molecular formula is C18H28N2O2. The molecule has 4 aliphatic heterocycles. The molecule has 122 valence electrons. The van der Waals surface area contributed by atoms with Gasteiger partial charge in [0.05, 0.1) is 12.4 Å². The third kappa shape index (κ3) is 1.87. The third-order valence-electron chi connectivity index (χ3n) is 6.22. The zero-order chi connectivity index (χ0) is 15.4. The fraction of sp³-hybridized carbons (Fsp3) is 0.778. The topological polar surface area (TPSA) is 39.9 Å². The molecule has 4 fully saturated rings. The summed E-state index contributed by atoms with van der Waals surface area (Å²) in [6, 6.07) is 4.09. The van der Waals surface area contributed by atoms with Crippen LogP contribution in [0.4, 0.5) is 0 Å². The molecule has 0 amide bonds. The van der Waals surface area contributed by atoms with E-state index in [4.69, 9.17) is 4.42 Å². The Morgan fingerprint density at radius 1 is 1.09 bits per heavy atom. The number of aliphatic hydroxyl groups is 1. The minimum absolute atomic E-state index is 0.0590. The van der Waals surface area contributed by atoms with Crippen LogP contribution in [0.1, 0.15) is 51.5 Å². The summed E-state index contributed by atoms with van der Waals surface area (Å²) in [5.41, 5.74) is 0.118. The molecule has 0 aromatic carbocycles. The lowest BCUT2D eigenvalue weighted by molar-refractivity contribution is -0.271. The molecule has 0 radical (unpaired) electrons. The van der Waals surface area contributed by atoms with Gasteiger partial charge in [-0.2, -0.15) is 0 Å². The largest absolute Gasteiger partial charge is 0.466 e. The summed E-state index contributed by atoms with van der Waals surface area (Å²) in [6.07, 6.45) is 6.44. The van der Waals surface area contributed by atoms with E-state index in [9.17, 15) is 5.11 Å². The van der Waals surface area contributed by atoms with Crippen molar-refractivity contribution in [3.8, 4) is 0 Å². The van der Waals surface area contributed by atoms with Gasteiger partial charge in [-0.05, 0) is 25.0 Å². The van der Waals surface area contributed by atoms with Crippen LogP contribution >= 0.6 is 0 Å². The van der Waals surface area contributed by atoms with Crippen LogP contribution in [0, 0.1) is 10.8 Å². The SMILES string of the molecule is CCCC12CN3CC(CCC)(CN(C1)C3c1ccco1)C2O. The van der Waals surface area contributed by atoms with Crippen molar-refractivity contribution < 1.29 is 9.52 Å². The van der Waals surface area contributed by atoms with E-state index >= 15 is 0 Å². The van der Waals surface area contributed by atoms with Gasteiger partial charge in [-0.3, -0.25) is 9.80 Å². The summed E-state index contributed by atoms with van der Waals surface area (Å²) in [7, 11) is 0. The summed E-state index contributed by atoms with van der Waals surface area (Å²) < 4.78 is 5.73. The van der Waals surface area contributed by atoms with Crippen LogP contribution in [-0.4, -0.2) is 47.2 Å². The van der Waals surface area contributed by atoms with E-state index in [0.29, 0.717) is 0 Å². The van der Waals surface area contributed by atoms with Crippen molar-refractivity contribution >= 4 is 0 Å². The number of piperidine rings is 2. The third-order valence-corrected chi connectivity index (χ3v) is 6.22. The first-order chi connectivity index (χ1) is 10.6. The Hall–Kier alpha value is -0.840. The van der Waals surface area contributed by atoms with Crippen LogP contribution < -0.4 is 0 Å². The fourth-order valence-electron chi connectivity index (χ4n) is 5.79. The van der Waals surface area contributed by atoms with E-state index < -0.39 is 0 Å². The van der Waals surface area contributed by atoms with Crippen molar-refractivity contribution in [2.24, 2.45) is 10.8 Å². The van der Waals surface area contributed by atoms with Gasteiger partial charge in [-0.15, -0.1) is 0 Å². The van der Waals surface area contributed by atoms with E-state index in [1.165, 1.54) is 0 Å². The molecule has 0 unspecified atom stereocenters. The van der Waals surface area contributed by atoms with E-state index in [0.717, 1.165) is 57.6 Å². The molecule has 0 aliphatic carbocycles. The Balaban J connectivity index is 1.72.